The van der Waals surface area contributed by atoms with E-state index in [1.165, 1.54) is 24.8 Å². The largest absolute Gasteiger partial charge is 0.310 e. The van der Waals surface area contributed by atoms with Crippen LogP contribution in [0.4, 0.5) is 0 Å². The third-order valence-corrected chi connectivity index (χ3v) is 3.54. The minimum Gasteiger partial charge on any atom is -0.310 e. The SMILES string of the molecule is Cc1ncc(C(C)NCC2CCC2)c(C)n1. The quantitative estimate of drug-likeness (QED) is 0.845. The van der Waals surface area contributed by atoms with Crippen LogP contribution in [0.2, 0.25) is 0 Å². The lowest BCUT2D eigenvalue weighted by Crippen LogP contribution is -2.29. The fourth-order valence-electron chi connectivity index (χ4n) is 2.17. The summed E-state index contributed by atoms with van der Waals surface area (Å²) in [5.74, 6) is 1.75. The topological polar surface area (TPSA) is 37.8 Å². The number of hydrogen-bond acceptors (Lipinski definition) is 3. The average Bonchev–Trinajstić information content (AvgIpc) is 2.14. The summed E-state index contributed by atoms with van der Waals surface area (Å²) in [5.41, 5.74) is 2.33. The number of hydrogen-bond donors (Lipinski definition) is 1. The Morgan fingerprint density at radius 3 is 2.75 bits per heavy atom. The van der Waals surface area contributed by atoms with Gasteiger partial charge in [-0.05, 0) is 46.1 Å². The zero-order valence-corrected chi connectivity index (χ0v) is 10.5. The average molecular weight is 219 g/mol. The lowest BCUT2D eigenvalue weighted by Gasteiger charge is -2.27. The highest BCUT2D eigenvalue weighted by atomic mass is 14.9. The predicted molar refractivity (Wildman–Crippen MR) is 65.3 cm³/mol. The van der Waals surface area contributed by atoms with Crippen molar-refractivity contribution in [3.05, 3.63) is 23.3 Å². The molecule has 88 valence electrons. The van der Waals surface area contributed by atoms with E-state index in [0.29, 0.717) is 6.04 Å². The van der Waals surface area contributed by atoms with Crippen LogP contribution in [0.15, 0.2) is 6.20 Å². The number of aryl methyl sites for hydroxylation is 2. The molecule has 3 nitrogen and oxygen atoms in total. The van der Waals surface area contributed by atoms with Crippen molar-refractivity contribution < 1.29 is 0 Å². The van der Waals surface area contributed by atoms with Crippen LogP contribution < -0.4 is 5.32 Å². The molecule has 1 N–H and O–H groups in total. The predicted octanol–water partition coefficient (Wildman–Crippen LogP) is 2.54. The summed E-state index contributed by atoms with van der Waals surface area (Å²) in [5, 5.41) is 3.58. The van der Waals surface area contributed by atoms with E-state index in [4.69, 9.17) is 0 Å². The molecular formula is C13H21N3. The van der Waals surface area contributed by atoms with Gasteiger partial charge in [0, 0.05) is 23.5 Å². The molecule has 0 aliphatic heterocycles. The molecule has 1 aromatic rings. The van der Waals surface area contributed by atoms with Gasteiger partial charge < -0.3 is 5.32 Å². The van der Waals surface area contributed by atoms with E-state index in [1.54, 1.807) is 0 Å². The summed E-state index contributed by atoms with van der Waals surface area (Å²) < 4.78 is 0. The van der Waals surface area contributed by atoms with E-state index in [-0.39, 0.29) is 0 Å². The second kappa shape index (κ2) is 4.91. The molecule has 0 spiro atoms. The first-order valence-electron chi connectivity index (χ1n) is 6.20. The van der Waals surface area contributed by atoms with Crippen molar-refractivity contribution in [2.24, 2.45) is 5.92 Å². The van der Waals surface area contributed by atoms with E-state index in [0.717, 1.165) is 24.0 Å². The molecule has 16 heavy (non-hydrogen) atoms. The molecule has 0 amide bonds. The smallest absolute Gasteiger partial charge is 0.125 e. The van der Waals surface area contributed by atoms with Crippen molar-refractivity contribution in [1.29, 1.82) is 0 Å². The van der Waals surface area contributed by atoms with Crippen LogP contribution in [-0.2, 0) is 0 Å². The minimum absolute atomic E-state index is 0.362. The van der Waals surface area contributed by atoms with Crippen LogP contribution in [0.5, 0.6) is 0 Å². The second-order valence-corrected chi connectivity index (χ2v) is 4.88. The maximum absolute atomic E-state index is 4.40. The summed E-state index contributed by atoms with van der Waals surface area (Å²) in [6, 6.07) is 0.362. The number of aromatic nitrogens is 2. The normalized spacial score (nSPS) is 18.2. The Kier molecular flexibility index (Phi) is 3.54. The zero-order chi connectivity index (χ0) is 11.5. The summed E-state index contributed by atoms with van der Waals surface area (Å²) in [6.45, 7) is 7.32. The van der Waals surface area contributed by atoms with Gasteiger partial charge in [-0.3, -0.25) is 0 Å². The Morgan fingerprint density at radius 2 is 2.19 bits per heavy atom. The molecule has 1 fully saturated rings. The van der Waals surface area contributed by atoms with E-state index in [1.807, 2.05) is 13.1 Å². The van der Waals surface area contributed by atoms with Gasteiger partial charge in [0.05, 0.1) is 0 Å². The minimum atomic E-state index is 0.362. The third kappa shape index (κ3) is 2.59. The highest BCUT2D eigenvalue weighted by Gasteiger charge is 2.18. The maximum Gasteiger partial charge on any atom is 0.125 e. The van der Waals surface area contributed by atoms with Crippen LogP contribution >= 0.6 is 0 Å². The number of nitrogens with one attached hydrogen (secondary N) is 1. The fourth-order valence-corrected chi connectivity index (χ4v) is 2.17. The van der Waals surface area contributed by atoms with Crippen LogP contribution in [-0.4, -0.2) is 16.5 Å². The van der Waals surface area contributed by atoms with Crippen molar-refractivity contribution in [3.8, 4) is 0 Å². The van der Waals surface area contributed by atoms with E-state index in [9.17, 15) is 0 Å². The fraction of sp³-hybridized carbons (Fsp3) is 0.692. The summed E-state index contributed by atoms with van der Waals surface area (Å²) in [6.07, 6.45) is 6.15. The first-order chi connectivity index (χ1) is 7.66. The van der Waals surface area contributed by atoms with Gasteiger partial charge in [-0.15, -0.1) is 0 Å². The van der Waals surface area contributed by atoms with E-state index >= 15 is 0 Å². The molecule has 1 aromatic heterocycles. The lowest BCUT2D eigenvalue weighted by molar-refractivity contribution is 0.292. The molecule has 0 aromatic carbocycles. The van der Waals surface area contributed by atoms with E-state index in [2.05, 4.69) is 29.1 Å². The molecular weight excluding hydrogens is 198 g/mol. The molecule has 1 saturated carbocycles. The Morgan fingerprint density at radius 1 is 1.44 bits per heavy atom. The van der Waals surface area contributed by atoms with Crippen molar-refractivity contribution in [3.63, 3.8) is 0 Å². The zero-order valence-electron chi connectivity index (χ0n) is 10.5. The van der Waals surface area contributed by atoms with Crippen molar-refractivity contribution in [2.45, 2.75) is 46.1 Å². The van der Waals surface area contributed by atoms with Gasteiger partial charge in [0.1, 0.15) is 5.82 Å². The summed E-state index contributed by atoms with van der Waals surface area (Å²) in [4.78, 5) is 8.68. The van der Waals surface area contributed by atoms with Crippen molar-refractivity contribution in [1.82, 2.24) is 15.3 Å². The second-order valence-electron chi connectivity index (χ2n) is 4.88. The molecule has 1 atom stereocenters. The summed E-state index contributed by atoms with van der Waals surface area (Å²) >= 11 is 0. The molecule has 2 rings (SSSR count). The van der Waals surface area contributed by atoms with Gasteiger partial charge in [0.15, 0.2) is 0 Å². The molecule has 1 aliphatic carbocycles. The van der Waals surface area contributed by atoms with Gasteiger partial charge in [-0.1, -0.05) is 6.42 Å². The summed E-state index contributed by atoms with van der Waals surface area (Å²) in [7, 11) is 0. The van der Waals surface area contributed by atoms with Gasteiger partial charge in [0.2, 0.25) is 0 Å². The van der Waals surface area contributed by atoms with Crippen LogP contribution in [0.1, 0.15) is 49.3 Å². The van der Waals surface area contributed by atoms with Crippen molar-refractivity contribution in [2.75, 3.05) is 6.54 Å². The highest BCUT2D eigenvalue weighted by molar-refractivity contribution is 5.19. The third-order valence-electron chi connectivity index (χ3n) is 3.54. The van der Waals surface area contributed by atoms with Gasteiger partial charge in [-0.25, -0.2) is 9.97 Å². The Labute approximate surface area is 97.7 Å². The monoisotopic (exact) mass is 219 g/mol. The molecule has 0 saturated heterocycles. The first-order valence-corrected chi connectivity index (χ1v) is 6.20. The molecule has 3 heteroatoms. The van der Waals surface area contributed by atoms with Crippen LogP contribution in [0.3, 0.4) is 0 Å². The lowest BCUT2D eigenvalue weighted by atomic mass is 9.85. The first kappa shape index (κ1) is 11.5. The Bertz CT molecular complexity index is 358. The van der Waals surface area contributed by atoms with Gasteiger partial charge >= 0.3 is 0 Å². The molecule has 1 aliphatic rings. The standard InChI is InChI=1S/C13H21N3/c1-9(14-7-12-5-4-6-12)13-8-15-11(3)16-10(13)2/h8-9,12,14H,4-7H2,1-3H3. The molecule has 0 bridgehead atoms. The molecule has 1 heterocycles. The number of nitrogens with zero attached hydrogens (tertiary/aromatic N) is 2. The van der Waals surface area contributed by atoms with E-state index < -0.39 is 0 Å². The van der Waals surface area contributed by atoms with Crippen LogP contribution in [0, 0.1) is 19.8 Å². The molecule has 1 unspecified atom stereocenters. The maximum atomic E-state index is 4.40. The van der Waals surface area contributed by atoms with Crippen LogP contribution in [0.25, 0.3) is 0 Å². The van der Waals surface area contributed by atoms with Crippen molar-refractivity contribution >= 4 is 0 Å². The Hall–Kier alpha value is -0.960. The van der Waals surface area contributed by atoms with Gasteiger partial charge in [0.25, 0.3) is 0 Å². The number of rotatable bonds is 4. The Balaban J connectivity index is 1.93. The van der Waals surface area contributed by atoms with Gasteiger partial charge in [-0.2, -0.15) is 0 Å². The molecule has 0 radical (unpaired) electrons. The highest BCUT2D eigenvalue weighted by Crippen LogP contribution is 2.26.